The predicted molar refractivity (Wildman–Crippen MR) is 160 cm³/mol. The van der Waals surface area contributed by atoms with Gasteiger partial charge in [0.25, 0.3) is 5.91 Å². The molecule has 7 nitrogen and oxygen atoms in total. The molecule has 1 atom stereocenters. The van der Waals surface area contributed by atoms with Crippen molar-refractivity contribution in [1.82, 2.24) is 4.90 Å². The maximum atomic E-state index is 13.9. The number of carbonyl (C=O) groups excluding carboxylic acids is 2. The molecule has 0 bridgehead atoms. The summed E-state index contributed by atoms with van der Waals surface area (Å²) in [4.78, 5) is 33.6. The zero-order valence-corrected chi connectivity index (χ0v) is 24.2. The summed E-state index contributed by atoms with van der Waals surface area (Å²) >= 11 is 0. The summed E-state index contributed by atoms with van der Waals surface area (Å²) in [7, 11) is 1.71. The molecule has 2 aromatic carbocycles. The van der Waals surface area contributed by atoms with Gasteiger partial charge in [0.2, 0.25) is 5.91 Å². The van der Waals surface area contributed by atoms with E-state index in [2.05, 4.69) is 42.0 Å². The molecule has 2 heterocycles. The first kappa shape index (κ1) is 28.8. The number of nitrogens with zero attached hydrogens (tertiary/aromatic N) is 3. The average molecular weight is 535 g/mol. The average Bonchev–Trinajstić information content (AvgIpc) is 2.97. The molecule has 0 saturated carbocycles. The van der Waals surface area contributed by atoms with Crippen molar-refractivity contribution >= 4 is 28.9 Å². The number of piperidine rings is 1. The molecule has 1 N–H and O–H groups in total. The van der Waals surface area contributed by atoms with E-state index in [0.717, 1.165) is 94.9 Å². The Kier molecular flexibility index (Phi) is 10.1. The molecule has 0 aliphatic carbocycles. The van der Waals surface area contributed by atoms with E-state index >= 15 is 0 Å². The Bertz CT molecular complexity index is 1100. The van der Waals surface area contributed by atoms with E-state index in [4.69, 9.17) is 4.74 Å². The van der Waals surface area contributed by atoms with Gasteiger partial charge in [-0.15, -0.1) is 0 Å². The SMILES string of the molecule is CCCCC(CC)C(=O)Nc1ccc(N2CCN(c3ccccc3OC)CC2)c(C(=O)N2CCC(C)CC2)c1. The fourth-order valence-electron chi connectivity index (χ4n) is 5.74. The van der Waals surface area contributed by atoms with Gasteiger partial charge in [0.1, 0.15) is 5.75 Å². The highest BCUT2D eigenvalue weighted by atomic mass is 16.5. The molecular formula is C32H46N4O3. The molecule has 212 valence electrons. The first-order valence-corrected chi connectivity index (χ1v) is 14.8. The summed E-state index contributed by atoms with van der Waals surface area (Å²) in [5, 5.41) is 3.13. The quantitative estimate of drug-likeness (QED) is 0.402. The van der Waals surface area contributed by atoms with Crippen LogP contribution in [0.4, 0.5) is 17.1 Å². The van der Waals surface area contributed by atoms with E-state index in [0.29, 0.717) is 17.2 Å². The van der Waals surface area contributed by atoms with Crippen LogP contribution in [0.2, 0.25) is 0 Å². The maximum Gasteiger partial charge on any atom is 0.256 e. The standard InChI is InChI=1S/C32H46N4O3/c1-5-7-10-25(6-2)31(37)33-26-13-14-28(27(23-26)32(38)36-17-15-24(3)16-18-36)34-19-21-35(22-20-34)29-11-8-9-12-30(29)39-4/h8-9,11-14,23-25H,5-7,10,15-22H2,1-4H3,(H,33,37). The molecule has 39 heavy (non-hydrogen) atoms. The smallest absolute Gasteiger partial charge is 0.256 e. The highest BCUT2D eigenvalue weighted by molar-refractivity contribution is 6.02. The normalized spacial score (nSPS) is 17.2. The van der Waals surface area contributed by atoms with Crippen LogP contribution in [0.15, 0.2) is 42.5 Å². The van der Waals surface area contributed by atoms with E-state index < -0.39 is 0 Å². The van der Waals surface area contributed by atoms with E-state index in [-0.39, 0.29) is 17.7 Å². The molecule has 0 radical (unpaired) electrons. The number of para-hydroxylation sites is 2. The summed E-state index contributed by atoms with van der Waals surface area (Å²) in [5.41, 5.74) is 3.45. The number of hydrogen-bond acceptors (Lipinski definition) is 5. The van der Waals surface area contributed by atoms with Gasteiger partial charge in [-0.1, -0.05) is 45.7 Å². The second kappa shape index (κ2) is 13.7. The summed E-state index contributed by atoms with van der Waals surface area (Å²) < 4.78 is 5.59. The van der Waals surface area contributed by atoms with Crippen LogP contribution in [0, 0.1) is 11.8 Å². The van der Waals surface area contributed by atoms with Crippen molar-refractivity contribution < 1.29 is 14.3 Å². The number of benzene rings is 2. The minimum atomic E-state index is -0.00424. The first-order valence-electron chi connectivity index (χ1n) is 14.8. The molecule has 0 spiro atoms. The largest absolute Gasteiger partial charge is 0.495 e. The van der Waals surface area contributed by atoms with Crippen molar-refractivity contribution in [2.75, 3.05) is 61.5 Å². The number of rotatable bonds is 10. The number of ether oxygens (including phenoxy) is 1. The van der Waals surface area contributed by atoms with Gasteiger partial charge in [0, 0.05) is 56.6 Å². The fourth-order valence-corrected chi connectivity index (χ4v) is 5.74. The van der Waals surface area contributed by atoms with Crippen LogP contribution in [0.25, 0.3) is 0 Å². The fraction of sp³-hybridized carbons (Fsp3) is 0.562. The van der Waals surface area contributed by atoms with E-state index in [1.165, 1.54) is 0 Å². The molecule has 2 aliphatic heterocycles. The third-order valence-electron chi connectivity index (χ3n) is 8.38. The summed E-state index contributed by atoms with van der Waals surface area (Å²) in [5.74, 6) is 1.64. The second-order valence-corrected chi connectivity index (χ2v) is 11.1. The number of likely N-dealkylation sites (tertiary alicyclic amines) is 1. The first-order chi connectivity index (χ1) is 18.9. The van der Waals surface area contributed by atoms with E-state index in [1.807, 2.05) is 41.3 Å². The van der Waals surface area contributed by atoms with Crippen molar-refractivity contribution in [1.29, 1.82) is 0 Å². The van der Waals surface area contributed by atoms with Gasteiger partial charge >= 0.3 is 0 Å². The monoisotopic (exact) mass is 534 g/mol. The van der Waals surface area contributed by atoms with Crippen LogP contribution in [0.5, 0.6) is 5.75 Å². The Morgan fingerprint density at radius 1 is 0.949 bits per heavy atom. The van der Waals surface area contributed by atoms with E-state index in [1.54, 1.807) is 7.11 Å². The number of unbranched alkanes of at least 4 members (excludes halogenated alkanes) is 1. The Hall–Kier alpha value is -3.22. The second-order valence-electron chi connectivity index (χ2n) is 11.1. The lowest BCUT2D eigenvalue weighted by Gasteiger charge is -2.39. The lowest BCUT2D eigenvalue weighted by Crippen LogP contribution is -2.47. The number of methoxy groups -OCH3 is 1. The molecule has 0 aromatic heterocycles. The Labute approximate surface area is 234 Å². The molecule has 2 aliphatic rings. The van der Waals surface area contributed by atoms with Crippen LogP contribution in [-0.2, 0) is 4.79 Å². The van der Waals surface area contributed by atoms with Crippen molar-refractivity contribution in [3.8, 4) is 5.75 Å². The number of nitrogens with one attached hydrogen (secondary N) is 1. The van der Waals surface area contributed by atoms with Crippen LogP contribution >= 0.6 is 0 Å². The summed E-state index contributed by atoms with van der Waals surface area (Å²) in [6.07, 6.45) is 5.90. The van der Waals surface area contributed by atoms with Gasteiger partial charge in [-0.25, -0.2) is 0 Å². The van der Waals surface area contributed by atoms with Crippen molar-refractivity contribution in [3.63, 3.8) is 0 Å². The lowest BCUT2D eigenvalue weighted by atomic mass is 9.97. The number of piperazine rings is 1. The molecule has 2 fully saturated rings. The number of hydrogen-bond donors (Lipinski definition) is 1. The van der Waals surface area contributed by atoms with Gasteiger partial charge in [-0.2, -0.15) is 0 Å². The number of carbonyl (C=O) groups is 2. The predicted octanol–water partition coefficient (Wildman–Crippen LogP) is 6.05. The number of anilines is 3. The Morgan fingerprint density at radius 3 is 2.26 bits per heavy atom. The summed E-state index contributed by atoms with van der Waals surface area (Å²) in [6.45, 7) is 11.3. The van der Waals surface area contributed by atoms with Gasteiger partial charge < -0.3 is 24.8 Å². The van der Waals surface area contributed by atoms with Crippen molar-refractivity contribution in [2.45, 2.75) is 59.3 Å². The highest BCUT2D eigenvalue weighted by Gasteiger charge is 2.28. The molecule has 7 heteroatoms. The third kappa shape index (κ3) is 7.06. The molecule has 2 saturated heterocycles. The minimum Gasteiger partial charge on any atom is -0.495 e. The number of amides is 2. The van der Waals surface area contributed by atoms with Gasteiger partial charge in [0.15, 0.2) is 0 Å². The molecule has 1 unspecified atom stereocenters. The van der Waals surface area contributed by atoms with Crippen LogP contribution < -0.4 is 19.9 Å². The minimum absolute atomic E-state index is 0.00424. The zero-order valence-electron chi connectivity index (χ0n) is 24.2. The Morgan fingerprint density at radius 2 is 1.62 bits per heavy atom. The van der Waals surface area contributed by atoms with Gasteiger partial charge in [-0.3, -0.25) is 9.59 Å². The molecular weight excluding hydrogens is 488 g/mol. The Balaban J connectivity index is 1.55. The van der Waals surface area contributed by atoms with Crippen molar-refractivity contribution in [3.05, 3.63) is 48.0 Å². The van der Waals surface area contributed by atoms with Crippen LogP contribution in [0.3, 0.4) is 0 Å². The molecule has 2 amide bonds. The lowest BCUT2D eigenvalue weighted by molar-refractivity contribution is -0.120. The van der Waals surface area contributed by atoms with E-state index in [9.17, 15) is 9.59 Å². The van der Waals surface area contributed by atoms with Gasteiger partial charge in [-0.05, 0) is 61.9 Å². The van der Waals surface area contributed by atoms with Crippen LogP contribution in [0.1, 0.15) is 69.7 Å². The van der Waals surface area contributed by atoms with Crippen LogP contribution in [-0.4, -0.2) is 63.1 Å². The highest BCUT2D eigenvalue weighted by Crippen LogP contribution is 2.32. The maximum absolute atomic E-state index is 13.9. The zero-order chi connectivity index (χ0) is 27.8. The topological polar surface area (TPSA) is 65.1 Å². The van der Waals surface area contributed by atoms with Gasteiger partial charge in [0.05, 0.1) is 18.4 Å². The molecule has 4 rings (SSSR count). The third-order valence-corrected chi connectivity index (χ3v) is 8.38. The van der Waals surface area contributed by atoms with Crippen molar-refractivity contribution in [2.24, 2.45) is 11.8 Å². The molecule has 2 aromatic rings. The summed E-state index contributed by atoms with van der Waals surface area (Å²) in [6, 6.07) is 14.0.